The zero-order chi connectivity index (χ0) is 18.0. The van der Waals surface area contributed by atoms with E-state index in [-0.39, 0.29) is 29.5 Å². The summed E-state index contributed by atoms with van der Waals surface area (Å²) >= 11 is 0. The van der Waals surface area contributed by atoms with Crippen LogP contribution >= 0.6 is 0 Å². The van der Waals surface area contributed by atoms with Crippen LogP contribution in [-0.2, 0) is 27.8 Å². The molecule has 0 spiro atoms. The molecule has 1 aliphatic rings. The molecule has 0 fully saturated rings. The number of sulfonamides is 1. The van der Waals surface area contributed by atoms with Crippen molar-refractivity contribution in [2.75, 3.05) is 13.1 Å². The Morgan fingerprint density at radius 1 is 1.28 bits per heavy atom. The van der Waals surface area contributed by atoms with Crippen LogP contribution in [0.15, 0.2) is 33.7 Å². The Morgan fingerprint density at radius 3 is 2.68 bits per heavy atom. The summed E-state index contributed by atoms with van der Waals surface area (Å²) in [5.41, 5.74) is 2.73. The standard InChI is InChI=1S/C17H21N3O4S/c1-12-17(13(2)24-19-12)25(22,23)18-9-7-16(21)20-10-8-14-5-3-4-6-15(14)11-20/h3-6,18H,7-11H2,1-2H3. The molecule has 0 saturated carbocycles. The molecule has 8 heteroatoms. The lowest BCUT2D eigenvalue weighted by Crippen LogP contribution is -2.38. The van der Waals surface area contributed by atoms with Gasteiger partial charge in [0.25, 0.3) is 0 Å². The summed E-state index contributed by atoms with van der Waals surface area (Å²) in [7, 11) is -3.73. The van der Waals surface area contributed by atoms with Crippen LogP contribution in [0.1, 0.15) is 29.0 Å². The lowest BCUT2D eigenvalue weighted by Gasteiger charge is -2.29. The van der Waals surface area contributed by atoms with Gasteiger partial charge in [-0.3, -0.25) is 4.79 Å². The fourth-order valence-electron chi connectivity index (χ4n) is 3.09. The maximum absolute atomic E-state index is 12.4. The third-order valence-corrected chi connectivity index (χ3v) is 6.06. The molecule has 3 rings (SSSR count). The molecule has 0 bridgehead atoms. The highest BCUT2D eigenvalue weighted by molar-refractivity contribution is 7.89. The molecule has 0 saturated heterocycles. The third-order valence-electron chi connectivity index (χ3n) is 4.35. The maximum Gasteiger partial charge on any atom is 0.245 e. The van der Waals surface area contributed by atoms with Gasteiger partial charge in [-0.25, -0.2) is 13.1 Å². The van der Waals surface area contributed by atoms with E-state index in [0.717, 1.165) is 12.0 Å². The van der Waals surface area contributed by atoms with Crippen LogP contribution in [0.3, 0.4) is 0 Å². The van der Waals surface area contributed by atoms with E-state index >= 15 is 0 Å². The molecule has 0 radical (unpaired) electrons. The second-order valence-electron chi connectivity index (χ2n) is 6.14. The predicted molar refractivity (Wildman–Crippen MR) is 91.3 cm³/mol. The minimum absolute atomic E-state index is 0.0450. The van der Waals surface area contributed by atoms with Crippen LogP contribution in [0.4, 0.5) is 0 Å². The quantitative estimate of drug-likeness (QED) is 0.870. The van der Waals surface area contributed by atoms with Gasteiger partial charge in [0.15, 0.2) is 5.76 Å². The van der Waals surface area contributed by atoms with Crippen molar-refractivity contribution in [3.63, 3.8) is 0 Å². The van der Waals surface area contributed by atoms with Gasteiger partial charge in [0.2, 0.25) is 15.9 Å². The zero-order valence-corrected chi connectivity index (χ0v) is 15.1. The summed E-state index contributed by atoms with van der Waals surface area (Å²) in [5, 5.41) is 3.65. The van der Waals surface area contributed by atoms with Gasteiger partial charge in [-0.05, 0) is 31.4 Å². The maximum atomic E-state index is 12.4. The fourth-order valence-corrected chi connectivity index (χ4v) is 4.45. The Morgan fingerprint density at radius 2 is 2.00 bits per heavy atom. The van der Waals surface area contributed by atoms with Crippen molar-refractivity contribution in [2.45, 2.75) is 38.1 Å². The van der Waals surface area contributed by atoms with Crippen molar-refractivity contribution in [1.82, 2.24) is 14.8 Å². The number of hydrogen-bond acceptors (Lipinski definition) is 5. The van der Waals surface area contributed by atoms with Crippen LogP contribution in [0.25, 0.3) is 0 Å². The Labute approximate surface area is 147 Å². The largest absolute Gasteiger partial charge is 0.360 e. The number of carbonyl (C=O) groups is 1. The van der Waals surface area contributed by atoms with Crippen molar-refractivity contribution in [1.29, 1.82) is 0 Å². The van der Waals surface area contributed by atoms with E-state index in [0.29, 0.717) is 18.8 Å². The lowest BCUT2D eigenvalue weighted by atomic mass is 10.00. The number of benzene rings is 1. The van der Waals surface area contributed by atoms with Crippen LogP contribution in [0.5, 0.6) is 0 Å². The molecule has 1 amide bonds. The van der Waals surface area contributed by atoms with Gasteiger partial charge in [-0.1, -0.05) is 29.4 Å². The second-order valence-corrected chi connectivity index (χ2v) is 7.84. The molecule has 0 aliphatic carbocycles. The van der Waals surface area contributed by atoms with E-state index in [1.165, 1.54) is 5.56 Å². The van der Waals surface area contributed by atoms with E-state index < -0.39 is 10.0 Å². The number of amides is 1. The molecule has 2 heterocycles. The molecule has 25 heavy (non-hydrogen) atoms. The van der Waals surface area contributed by atoms with Gasteiger partial charge < -0.3 is 9.42 Å². The van der Waals surface area contributed by atoms with E-state index in [2.05, 4.69) is 15.9 Å². The fraction of sp³-hybridized carbons (Fsp3) is 0.412. The average molecular weight is 363 g/mol. The molecular weight excluding hydrogens is 342 g/mol. The van der Waals surface area contributed by atoms with Crippen LogP contribution < -0.4 is 4.72 Å². The van der Waals surface area contributed by atoms with Gasteiger partial charge >= 0.3 is 0 Å². The van der Waals surface area contributed by atoms with Crippen LogP contribution in [-0.4, -0.2) is 37.5 Å². The van der Waals surface area contributed by atoms with Crippen molar-refractivity contribution in [2.24, 2.45) is 0 Å². The van der Waals surface area contributed by atoms with Crippen LogP contribution in [0.2, 0.25) is 0 Å². The number of nitrogens with zero attached hydrogens (tertiary/aromatic N) is 2. The number of hydrogen-bond donors (Lipinski definition) is 1. The minimum Gasteiger partial charge on any atom is -0.360 e. The number of aryl methyl sites for hydroxylation is 2. The lowest BCUT2D eigenvalue weighted by molar-refractivity contribution is -0.131. The Balaban J connectivity index is 1.57. The molecule has 0 atom stereocenters. The summed E-state index contributed by atoms with van der Waals surface area (Å²) in [4.78, 5) is 14.2. The molecule has 134 valence electrons. The monoisotopic (exact) mass is 363 g/mol. The summed E-state index contributed by atoms with van der Waals surface area (Å²) < 4.78 is 32.0. The Hall–Kier alpha value is -2.19. The SMILES string of the molecule is Cc1noc(C)c1S(=O)(=O)NCCC(=O)N1CCc2ccccc2C1. The Bertz CT molecular complexity index is 870. The molecule has 2 aromatic rings. The summed E-state index contributed by atoms with van der Waals surface area (Å²) in [6, 6.07) is 8.06. The summed E-state index contributed by atoms with van der Waals surface area (Å²) in [5.74, 6) is 0.180. The van der Waals surface area contributed by atoms with Gasteiger partial charge in [0, 0.05) is 26.1 Å². The first-order chi connectivity index (χ1) is 11.9. The van der Waals surface area contributed by atoms with E-state index in [1.54, 1.807) is 18.7 Å². The third kappa shape index (κ3) is 3.74. The normalized spacial score (nSPS) is 14.4. The highest BCUT2D eigenvalue weighted by Crippen LogP contribution is 2.20. The molecule has 7 nitrogen and oxygen atoms in total. The van der Waals surface area contributed by atoms with Crippen molar-refractivity contribution in [3.8, 4) is 0 Å². The molecular formula is C17H21N3O4S. The van der Waals surface area contributed by atoms with E-state index in [1.807, 2.05) is 18.2 Å². The first kappa shape index (κ1) is 17.6. The first-order valence-electron chi connectivity index (χ1n) is 8.15. The van der Waals surface area contributed by atoms with Crippen LogP contribution in [0, 0.1) is 13.8 Å². The molecule has 1 N–H and O–H groups in total. The molecule has 0 unspecified atom stereocenters. The van der Waals surface area contributed by atoms with Crippen molar-refractivity contribution in [3.05, 3.63) is 46.8 Å². The molecule has 1 aromatic heterocycles. The van der Waals surface area contributed by atoms with Gasteiger partial charge in [-0.15, -0.1) is 0 Å². The zero-order valence-electron chi connectivity index (χ0n) is 14.3. The van der Waals surface area contributed by atoms with Gasteiger partial charge in [0.05, 0.1) is 0 Å². The van der Waals surface area contributed by atoms with Gasteiger partial charge in [0.1, 0.15) is 10.6 Å². The van der Waals surface area contributed by atoms with Crippen molar-refractivity contribution < 1.29 is 17.7 Å². The number of aromatic nitrogens is 1. The smallest absolute Gasteiger partial charge is 0.245 e. The number of rotatable bonds is 5. The number of fused-ring (bicyclic) bond motifs is 1. The summed E-state index contributed by atoms with van der Waals surface area (Å²) in [6.45, 7) is 4.40. The molecule has 1 aliphatic heterocycles. The Kier molecular flexibility index (Phi) is 4.91. The summed E-state index contributed by atoms with van der Waals surface area (Å²) in [6.07, 6.45) is 0.942. The number of nitrogens with one attached hydrogen (secondary N) is 1. The number of carbonyl (C=O) groups excluding carboxylic acids is 1. The van der Waals surface area contributed by atoms with Gasteiger partial charge in [-0.2, -0.15) is 0 Å². The van der Waals surface area contributed by atoms with E-state index in [4.69, 9.17) is 4.52 Å². The van der Waals surface area contributed by atoms with E-state index in [9.17, 15) is 13.2 Å². The highest BCUT2D eigenvalue weighted by Gasteiger charge is 2.25. The topological polar surface area (TPSA) is 92.5 Å². The minimum atomic E-state index is -3.73. The van der Waals surface area contributed by atoms with Crippen molar-refractivity contribution >= 4 is 15.9 Å². The highest BCUT2D eigenvalue weighted by atomic mass is 32.2. The second kappa shape index (κ2) is 6.97. The predicted octanol–water partition coefficient (Wildman–Crippen LogP) is 1.54. The average Bonchev–Trinajstić information content (AvgIpc) is 2.93. The molecule has 1 aromatic carbocycles. The first-order valence-corrected chi connectivity index (χ1v) is 9.64.